The molecule has 4 nitrogen and oxygen atoms in total. The molecule has 0 aromatic heterocycles. The van der Waals surface area contributed by atoms with E-state index in [1.54, 1.807) is 14.2 Å². The quantitative estimate of drug-likeness (QED) is 0.470. The average molecular weight is 429 g/mol. The van der Waals surface area contributed by atoms with Crippen molar-refractivity contribution in [2.45, 2.75) is 63.7 Å². The van der Waals surface area contributed by atoms with Gasteiger partial charge in [0.2, 0.25) is 0 Å². The van der Waals surface area contributed by atoms with Crippen LogP contribution in [0.5, 0.6) is 23.0 Å². The molecule has 0 saturated carbocycles. The summed E-state index contributed by atoms with van der Waals surface area (Å²) in [5, 5.41) is 0. The normalized spacial score (nSPS) is 22.5. The van der Waals surface area contributed by atoms with E-state index in [9.17, 15) is 0 Å². The average Bonchev–Trinajstić information content (AvgIpc) is 3.05. The van der Waals surface area contributed by atoms with E-state index >= 15 is 0 Å². The fourth-order valence-corrected chi connectivity index (χ4v) is 6.12. The van der Waals surface area contributed by atoms with Crippen LogP contribution in [0.4, 0.5) is 0 Å². The molecule has 0 N–H and O–H groups in total. The molecule has 1 unspecified atom stereocenters. The maximum Gasteiger partial charge on any atom is 0.179 e. The van der Waals surface area contributed by atoms with E-state index in [0.29, 0.717) is 18.1 Å². The number of methoxy groups -OCH3 is 2. The fraction of sp³-hybridized carbons (Fsp3) is 0.520. The van der Waals surface area contributed by atoms with Gasteiger partial charge in [0, 0.05) is 18.3 Å². The van der Waals surface area contributed by atoms with E-state index in [4.69, 9.17) is 18.4 Å². The molecule has 2 aromatic carbocycles. The van der Waals surface area contributed by atoms with E-state index in [-0.39, 0.29) is 16.2 Å². The molecular formula is C25H32O4S. The highest BCUT2D eigenvalue weighted by Crippen LogP contribution is 2.64. The summed E-state index contributed by atoms with van der Waals surface area (Å²) in [7, 11) is 3.38. The first-order chi connectivity index (χ1) is 14.1. The second kappa shape index (κ2) is 7.01. The zero-order chi connectivity index (χ0) is 21.9. The number of ether oxygens (including phenoxy) is 3. The third-order valence-electron chi connectivity index (χ3n) is 6.98. The molecule has 2 aromatic rings. The van der Waals surface area contributed by atoms with Gasteiger partial charge in [-0.2, -0.15) is 0 Å². The van der Waals surface area contributed by atoms with E-state index in [2.05, 4.69) is 64.9 Å². The topological polar surface area (TPSA) is 36.9 Å². The largest absolute Gasteiger partial charge is 0.493 e. The summed E-state index contributed by atoms with van der Waals surface area (Å²) < 4.78 is 22.6. The number of hydrogen-bond donors (Lipinski definition) is 1. The first-order valence-electron chi connectivity index (χ1n) is 10.5. The molecule has 0 fully saturated rings. The van der Waals surface area contributed by atoms with Crippen molar-refractivity contribution in [2.24, 2.45) is 0 Å². The Morgan fingerprint density at radius 2 is 1.17 bits per heavy atom. The van der Waals surface area contributed by atoms with Crippen LogP contribution in [0.2, 0.25) is 0 Å². The van der Waals surface area contributed by atoms with E-state index in [0.717, 1.165) is 24.3 Å². The van der Waals surface area contributed by atoms with Crippen molar-refractivity contribution >= 4 is 12.9 Å². The molecule has 1 spiro atoms. The molecule has 1 atom stereocenters. The highest BCUT2D eigenvalue weighted by Gasteiger charge is 2.57. The fourth-order valence-electron chi connectivity index (χ4n) is 5.98. The lowest BCUT2D eigenvalue weighted by Crippen LogP contribution is -2.27. The molecule has 30 heavy (non-hydrogen) atoms. The summed E-state index contributed by atoms with van der Waals surface area (Å²) in [5.74, 6) is 2.98. The second-order valence-corrected chi connectivity index (χ2v) is 10.0. The van der Waals surface area contributed by atoms with Crippen LogP contribution >= 0.6 is 12.9 Å². The Balaban J connectivity index is 2.02. The van der Waals surface area contributed by atoms with Crippen LogP contribution in [0, 0.1) is 0 Å². The number of hydrogen-bond acceptors (Lipinski definition) is 5. The van der Waals surface area contributed by atoms with Gasteiger partial charge < -0.3 is 18.4 Å². The number of rotatable bonds is 5. The molecule has 4 rings (SSSR count). The Labute approximate surface area is 185 Å². The summed E-state index contributed by atoms with van der Waals surface area (Å²) in [4.78, 5) is 0. The van der Waals surface area contributed by atoms with Crippen LogP contribution in [-0.2, 0) is 16.2 Å². The van der Waals surface area contributed by atoms with Gasteiger partial charge in [0.25, 0.3) is 0 Å². The minimum atomic E-state index is -0.113. The van der Waals surface area contributed by atoms with Crippen molar-refractivity contribution in [1.29, 1.82) is 0 Å². The lowest BCUT2D eigenvalue weighted by molar-refractivity contribution is 0.309. The minimum Gasteiger partial charge on any atom is -0.493 e. The van der Waals surface area contributed by atoms with Gasteiger partial charge in [-0.3, -0.25) is 0 Å². The van der Waals surface area contributed by atoms with Crippen molar-refractivity contribution in [2.75, 3.05) is 20.8 Å². The van der Waals surface area contributed by atoms with Gasteiger partial charge in [-0.15, -0.1) is 0 Å². The Bertz CT molecular complexity index is 991. The number of benzene rings is 2. The molecule has 0 amide bonds. The zero-order valence-corrected chi connectivity index (χ0v) is 19.9. The van der Waals surface area contributed by atoms with Crippen molar-refractivity contribution in [3.8, 4) is 23.0 Å². The van der Waals surface area contributed by atoms with Gasteiger partial charge in [-0.05, 0) is 77.1 Å². The van der Waals surface area contributed by atoms with Crippen molar-refractivity contribution in [3.63, 3.8) is 0 Å². The molecule has 0 aliphatic heterocycles. The number of thiol groups is 1. The Kier molecular flexibility index (Phi) is 4.96. The van der Waals surface area contributed by atoms with Gasteiger partial charge in [-0.25, -0.2) is 0 Å². The van der Waals surface area contributed by atoms with Crippen LogP contribution < -0.4 is 18.4 Å². The molecule has 2 aliphatic rings. The molecule has 0 radical (unpaired) electrons. The van der Waals surface area contributed by atoms with Gasteiger partial charge in [0.05, 0.1) is 20.8 Å². The second-order valence-electron chi connectivity index (χ2n) is 9.83. The third-order valence-corrected chi connectivity index (χ3v) is 7.18. The van der Waals surface area contributed by atoms with Gasteiger partial charge in [0.15, 0.2) is 23.0 Å². The summed E-state index contributed by atoms with van der Waals surface area (Å²) in [6, 6.07) is 8.66. The lowest BCUT2D eigenvalue weighted by atomic mass is 9.72. The first-order valence-corrected chi connectivity index (χ1v) is 10.9. The van der Waals surface area contributed by atoms with Gasteiger partial charge in [0.1, 0.15) is 0 Å². The molecule has 0 bridgehead atoms. The molecule has 0 heterocycles. The summed E-state index contributed by atoms with van der Waals surface area (Å²) in [6.07, 6.45) is 2.04. The molecular weight excluding hydrogens is 396 g/mol. The van der Waals surface area contributed by atoms with Crippen molar-refractivity contribution in [3.05, 3.63) is 46.5 Å². The molecule has 5 heteroatoms. The summed E-state index contributed by atoms with van der Waals surface area (Å²) in [6.45, 7) is 11.9. The first kappa shape index (κ1) is 21.2. The van der Waals surface area contributed by atoms with Crippen LogP contribution in [0.1, 0.15) is 69.7 Å². The standard InChI is InChI=1S/C25H32O4S/c1-8-28-21-12-18-15(9-19(21)26-6)23(2,3)13-25(18)14-24(4,5)16-10-22(29-30)20(27-7)11-17(16)25/h9-12,30H,8,13-14H2,1-7H3. The van der Waals surface area contributed by atoms with Crippen LogP contribution in [0.25, 0.3) is 0 Å². The summed E-state index contributed by atoms with van der Waals surface area (Å²) in [5.41, 5.74) is 5.18. The Morgan fingerprint density at radius 1 is 0.733 bits per heavy atom. The minimum absolute atomic E-state index is 0.00788. The Hall–Kier alpha value is -2.01. The van der Waals surface area contributed by atoms with Crippen LogP contribution in [0.15, 0.2) is 24.3 Å². The van der Waals surface area contributed by atoms with Crippen LogP contribution in [0.3, 0.4) is 0 Å². The monoisotopic (exact) mass is 428 g/mol. The number of fused-ring (bicyclic) bond motifs is 4. The van der Waals surface area contributed by atoms with Crippen LogP contribution in [-0.4, -0.2) is 20.8 Å². The SMILES string of the molecule is CCOc1cc2c(cc1OC)C(C)(C)CC21CC(C)(C)c2cc(OS)c(OC)cc21. The highest BCUT2D eigenvalue weighted by atomic mass is 32.1. The molecule has 0 saturated heterocycles. The van der Waals surface area contributed by atoms with E-state index < -0.39 is 0 Å². The Morgan fingerprint density at radius 3 is 1.63 bits per heavy atom. The third kappa shape index (κ3) is 2.89. The predicted octanol–water partition coefficient (Wildman–Crippen LogP) is 5.97. The van der Waals surface area contributed by atoms with E-state index in [1.807, 2.05) is 6.92 Å². The maximum absolute atomic E-state index is 5.97. The van der Waals surface area contributed by atoms with Gasteiger partial charge >= 0.3 is 0 Å². The predicted molar refractivity (Wildman–Crippen MR) is 123 cm³/mol. The smallest absolute Gasteiger partial charge is 0.179 e. The van der Waals surface area contributed by atoms with Crippen molar-refractivity contribution < 1.29 is 18.4 Å². The molecule has 162 valence electrons. The lowest BCUT2D eigenvalue weighted by Gasteiger charge is -2.30. The molecule has 2 aliphatic carbocycles. The van der Waals surface area contributed by atoms with E-state index in [1.165, 1.54) is 22.3 Å². The maximum atomic E-state index is 5.97. The van der Waals surface area contributed by atoms with Gasteiger partial charge in [-0.1, -0.05) is 27.7 Å². The highest BCUT2D eigenvalue weighted by molar-refractivity contribution is 7.75. The zero-order valence-electron chi connectivity index (χ0n) is 19.0. The summed E-state index contributed by atoms with van der Waals surface area (Å²) >= 11 is 4.05. The van der Waals surface area contributed by atoms with Crippen molar-refractivity contribution in [1.82, 2.24) is 0 Å².